The predicted molar refractivity (Wildman–Crippen MR) is 156 cm³/mol. The molecule has 0 aliphatic rings. The average Bonchev–Trinajstić information content (AvgIpc) is 3.46. The molecule has 5 aromatic carbocycles. The molecule has 194 valence electrons. The van der Waals surface area contributed by atoms with Crippen LogP contribution in [-0.4, -0.2) is 10.4 Å². The molecule has 5 heteroatoms. The smallest absolute Gasteiger partial charge is 0.0579 e. The van der Waals surface area contributed by atoms with Gasteiger partial charge in [-0.2, -0.15) is 12.1 Å². The van der Waals surface area contributed by atoms with Gasteiger partial charge in [-0.25, -0.2) is 0 Å². The molecule has 0 saturated heterocycles. The predicted octanol–water partition coefficient (Wildman–Crippen LogP) is 3.39. The van der Waals surface area contributed by atoms with Gasteiger partial charge in [-0.15, -0.1) is 75.1 Å². The molecule has 0 unspecified atom stereocenters. The van der Waals surface area contributed by atoms with Crippen LogP contribution in [0.3, 0.4) is 0 Å². The zero-order chi connectivity index (χ0) is 25.5. The van der Waals surface area contributed by atoms with Crippen LogP contribution in [0, 0.1) is 6.92 Å². The number of pyridine rings is 1. The van der Waals surface area contributed by atoms with Crippen LogP contribution in [0.25, 0.3) is 43.6 Å². The van der Waals surface area contributed by atoms with Crippen molar-refractivity contribution in [3.8, 4) is 11.1 Å². The molecule has 1 heterocycles. The number of halogens is 2. The molecule has 0 aliphatic carbocycles. The van der Waals surface area contributed by atoms with Crippen molar-refractivity contribution in [2.24, 2.45) is 0 Å². The van der Waals surface area contributed by atoms with Crippen molar-refractivity contribution in [3.63, 3.8) is 0 Å². The Hall–Kier alpha value is -2.03. The normalized spacial score (nSPS) is 10.1. The van der Waals surface area contributed by atoms with E-state index in [0.29, 0.717) is 0 Å². The Kier molecular flexibility index (Phi) is 13.2. The van der Waals surface area contributed by atoms with Gasteiger partial charge in [0.2, 0.25) is 0 Å². The minimum Gasteiger partial charge on any atom is -1.00 e. The van der Waals surface area contributed by atoms with Gasteiger partial charge in [-0.05, 0) is 18.1 Å². The van der Waals surface area contributed by atoms with Crippen molar-refractivity contribution in [1.29, 1.82) is 0 Å². The fraction of sp³-hybridized carbons (Fsp3) is 0.182. The standard InChI is InChI=1S/C21H18N.C10H9.C2H6Si.2ClH.Zr/c1-2-6-15-13-17-8-4-10-18(20(17)14-15)19-11-3-7-16-9-5-12-22-21(16)19;1-8-6-9-4-2-3-5-10(9)7-8;1-3-2;;;/h3-5,7-14H,2,6H2,1H3;2-7H,1H3;1-2H3;2*1H;/q2*-1;;;;+2/p-2. The molecule has 0 fully saturated rings. The van der Waals surface area contributed by atoms with Gasteiger partial charge in [0.1, 0.15) is 0 Å². The van der Waals surface area contributed by atoms with Crippen molar-refractivity contribution in [2.45, 2.75) is 39.8 Å². The third-order valence-corrected chi connectivity index (χ3v) is 6.03. The first-order valence-electron chi connectivity index (χ1n) is 12.6. The number of nitrogens with zero attached hydrogens (tertiary/aromatic N) is 1. The molecule has 6 rings (SSSR count). The summed E-state index contributed by atoms with van der Waals surface area (Å²) in [5.74, 6) is 0. The molecule has 1 nitrogen and oxygen atoms in total. The first-order chi connectivity index (χ1) is 17.5. The third kappa shape index (κ3) is 8.23. The molecule has 0 aliphatic heterocycles. The largest absolute Gasteiger partial charge is 1.00 e. The maximum Gasteiger partial charge on any atom is -0.0579 e. The van der Waals surface area contributed by atoms with Crippen LogP contribution in [0.5, 0.6) is 0 Å². The van der Waals surface area contributed by atoms with Crippen molar-refractivity contribution < 1.29 is 48.1 Å². The van der Waals surface area contributed by atoms with Crippen LogP contribution in [0.2, 0.25) is 13.1 Å². The van der Waals surface area contributed by atoms with E-state index in [1.807, 2.05) is 12.3 Å². The van der Waals surface area contributed by atoms with E-state index in [4.69, 9.17) is 0 Å². The molecule has 0 N–H and O–H groups in total. The van der Waals surface area contributed by atoms with Crippen LogP contribution in [-0.2, 0) is 29.8 Å². The zero-order valence-corrected chi connectivity index (χ0v) is 27.4. The van der Waals surface area contributed by atoms with Crippen molar-refractivity contribution in [1.82, 2.24) is 4.98 Å². The minimum atomic E-state index is 0. The molecule has 0 spiro atoms. The summed E-state index contributed by atoms with van der Waals surface area (Å²) in [6.07, 6.45) is 4.20. The van der Waals surface area contributed by atoms with Crippen LogP contribution >= 0.6 is 0 Å². The van der Waals surface area contributed by atoms with Gasteiger partial charge in [-0.3, -0.25) is 4.98 Å². The Bertz CT molecular complexity index is 1570. The van der Waals surface area contributed by atoms with Crippen LogP contribution in [0.15, 0.2) is 103 Å². The summed E-state index contributed by atoms with van der Waals surface area (Å²) in [6, 6.07) is 34.6. The Morgan fingerprint density at radius 2 is 1.39 bits per heavy atom. The quantitative estimate of drug-likeness (QED) is 0.215. The number of rotatable bonds is 3. The first-order valence-corrected chi connectivity index (χ1v) is 18.8. The van der Waals surface area contributed by atoms with Crippen LogP contribution in [0.4, 0.5) is 0 Å². The average molecular weight is 634 g/mol. The molecule has 0 radical (unpaired) electrons. The first kappa shape index (κ1) is 32.2. The van der Waals surface area contributed by atoms with Gasteiger partial charge in [-0.1, -0.05) is 62.2 Å². The molecule has 0 amide bonds. The van der Waals surface area contributed by atoms with E-state index < -0.39 is 0 Å². The fourth-order valence-corrected chi connectivity index (χ4v) is 4.59. The second-order valence-electron chi connectivity index (χ2n) is 9.46. The zero-order valence-electron chi connectivity index (χ0n) is 22.4. The van der Waals surface area contributed by atoms with Gasteiger partial charge in [0.05, 0.1) is 5.52 Å². The second kappa shape index (κ2) is 15.5. The van der Waals surface area contributed by atoms with Crippen LogP contribution < -0.4 is 24.8 Å². The van der Waals surface area contributed by atoms with Crippen molar-refractivity contribution >= 4 is 37.9 Å². The molecule has 38 heavy (non-hydrogen) atoms. The number of hydrogen-bond acceptors (Lipinski definition) is 1. The summed E-state index contributed by atoms with van der Waals surface area (Å²) in [5, 5.41) is 6.55. The Labute approximate surface area is 254 Å². The van der Waals surface area contributed by atoms with Gasteiger partial charge < -0.3 is 24.8 Å². The Balaban J connectivity index is 0.000000266. The number of hydrogen-bond donors (Lipinski definition) is 0. The number of aromatic nitrogens is 1. The minimum absolute atomic E-state index is 0. The monoisotopic (exact) mass is 631 g/mol. The maximum atomic E-state index is 4.61. The van der Waals surface area contributed by atoms with Gasteiger partial charge in [0, 0.05) is 11.6 Å². The van der Waals surface area contributed by atoms with Gasteiger partial charge in [0.25, 0.3) is 0 Å². The van der Waals surface area contributed by atoms with Crippen molar-refractivity contribution in [2.75, 3.05) is 0 Å². The number of fused-ring (bicyclic) bond motifs is 3. The van der Waals surface area contributed by atoms with E-state index in [0.717, 1.165) is 11.9 Å². The Morgan fingerprint density at radius 1 is 0.763 bits per heavy atom. The molecule has 1 aromatic heterocycles. The van der Waals surface area contributed by atoms with E-state index in [1.54, 1.807) is 23.3 Å². The summed E-state index contributed by atoms with van der Waals surface area (Å²) in [6.45, 7) is 8.97. The second-order valence-corrected chi connectivity index (χ2v) is 18.8. The van der Waals surface area contributed by atoms with E-state index in [9.17, 15) is 0 Å². The number of para-hydroxylation sites is 1. The summed E-state index contributed by atoms with van der Waals surface area (Å²) >= 11 is 1.74. The van der Waals surface area contributed by atoms with E-state index in [-0.39, 0.29) is 30.2 Å². The molecule has 6 aromatic rings. The topological polar surface area (TPSA) is 12.9 Å². The number of benzene rings is 3. The third-order valence-electron chi connectivity index (χ3n) is 6.03. The summed E-state index contributed by atoms with van der Waals surface area (Å²) in [5.41, 5.74) is 6.57. The van der Waals surface area contributed by atoms with E-state index in [1.165, 1.54) is 55.6 Å². The molecular weight excluding hydrogens is 601 g/mol. The van der Waals surface area contributed by atoms with Crippen molar-refractivity contribution in [3.05, 3.63) is 114 Å². The van der Waals surface area contributed by atoms with Gasteiger partial charge in [0.15, 0.2) is 0 Å². The summed E-state index contributed by atoms with van der Waals surface area (Å²) in [4.78, 5) is 4.61. The summed E-state index contributed by atoms with van der Waals surface area (Å²) in [7, 11) is 0. The van der Waals surface area contributed by atoms with E-state index in [2.05, 4.69) is 123 Å². The SMILES string of the molecule is CCCc1cc2c(-c3cccc4cccnc34)cccc2[cH-]1.C[Si](C)=[Zr+2].Cc1cc2ccccc2[cH-]1.[Cl-].[Cl-]. The summed E-state index contributed by atoms with van der Waals surface area (Å²) < 4.78 is 0. The molecule has 0 bridgehead atoms. The van der Waals surface area contributed by atoms with Gasteiger partial charge >= 0.3 is 41.9 Å². The number of aryl methyl sites for hydroxylation is 2. The maximum absolute atomic E-state index is 4.61. The Morgan fingerprint density at radius 3 is 2.13 bits per heavy atom. The fourth-order valence-electron chi connectivity index (χ4n) is 4.59. The molecular formula is C33H33Cl2NSiZr-2. The van der Waals surface area contributed by atoms with Crippen LogP contribution in [0.1, 0.15) is 24.5 Å². The van der Waals surface area contributed by atoms with E-state index >= 15 is 0 Å². The molecule has 0 atom stereocenters. The molecule has 0 saturated carbocycles.